The van der Waals surface area contributed by atoms with Gasteiger partial charge >= 0.3 is 5.69 Å². The van der Waals surface area contributed by atoms with Crippen molar-refractivity contribution >= 4 is 29.1 Å². The minimum atomic E-state index is -0.0536. The molecule has 0 spiro atoms. The van der Waals surface area contributed by atoms with Gasteiger partial charge in [0, 0.05) is 59.7 Å². The molecule has 1 saturated heterocycles. The molecular formula is C25H35N5O4. The molecule has 0 bridgehead atoms. The van der Waals surface area contributed by atoms with Crippen LogP contribution in [0.4, 0.5) is 0 Å². The molecule has 0 atom stereocenters. The Kier molecular flexibility index (Phi) is 7.50. The number of pyridine rings is 1. The van der Waals surface area contributed by atoms with Crippen LogP contribution in [-0.4, -0.2) is 75.6 Å². The smallest absolute Gasteiger partial charge is 0.330 e. The third-order valence-corrected chi connectivity index (χ3v) is 7.24. The molecule has 4 rings (SSSR count). The van der Waals surface area contributed by atoms with Crippen molar-refractivity contribution in [1.82, 2.24) is 23.9 Å². The number of rotatable bonds is 6. The summed E-state index contributed by atoms with van der Waals surface area (Å²) >= 11 is 0. The molecule has 1 aliphatic carbocycles. The highest BCUT2D eigenvalue weighted by Crippen LogP contribution is 2.31. The number of nitrogens with zero attached hydrogens (tertiary/aromatic N) is 5. The summed E-state index contributed by atoms with van der Waals surface area (Å²) < 4.78 is 8.50. The van der Waals surface area contributed by atoms with Crippen LogP contribution >= 0.6 is 0 Å². The number of carbonyl (C=O) groups excluding carboxylic acids is 2. The summed E-state index contributed by atoms with van der Waals surface area (Å²) in [5.41, 5.74) is 2.27. The van der Waals surface area contributed by atoms with Gasteiger partial charge in [-0.25, -0.2) is 9.78 Å². The van der Waals surface area contributed by atoms with Crippen LogP contribution in [0.5, 0.6) is 0 Å². The van der Waals surface area contributed by atoms with Crippen LogP contribution in [0.1, 0.15) is 38.3 Å². The van der Waals surface area contributed by atoms with E-state index < -0.39 is 0 Å². The first-order valence-electron chi connectivity index (χ1n) is 12.1. The number of ether oxygens (including phenoxy) is 1. The fraction of sp³-hybridized carbons (Fsp3) is 0.600. The number of aryl methyl sites for hydroxylation is 1. The van der Waals surface area contributed by atoms with E-state index in [-0.39, 0.29) is 23.4 Å². The lowest BCUT2D eigenvalue weighted by Gasteiger charge is -2.37. The Labute approximate surface area is 200 Å². The van der Waals surface area contributed by atoms with Crippen LogP contribution < -0.4 is 5.69 Å². The monoisotopic (exact) mass is 469 g/mol. The molecule has 1 aliphatic heterocycles. The lowest BCUT2D eigenvalue weighted by Crippen LogP contribution is -2.51. The van der Waals surface area contributed by atoms with Crippen LogP contribution in [0.3, 0.4) is 0 Å². The zero-order chi connectivity index (χ0) is 24.2. The Balaban J connectivity index is 1.39. The molecule has 2 aromatic rings. The van der Waals surface area contributed by atoms with E-state index in [0.29, 0.717) is 50.9 Å². The van der Waals surface area contributed by atoms with Gasteiger partial charge in [-0.1, -0.05) is 6.08 Å². The van der Waals surface area contributed by atoms with E-state index in [0.717, 1.165) is 36.9 Å². The highest BCUT2D eigenvalue weighted by molar-refractivity contribution is 5.79. The van der Waals surface area contributed by atoms with E-state index in [4.69, 9.17) is 9.72 Å². The fourth-order valence-electron chi connectivity index (χ4n) is 5.16. The van der Waals surface area contributed by atoms with Crippen molar-refractivity contribution in [2.24, 2.45) is 18.9 Å². The third-order valence-electron chi connectivity index (χ3n) is 7.24. The van der Waals surface area contributed by atoms with E-state index in [9.17, 15) is 14.4 Å². The van der Waals surface area contributed by atoms with Crippen molar-refractivity contribution < 1.29 is 14.3 Å². The summed E-state index contributed by atoms with van der Waals surface area (Å²) in [5.74, 6) is 0.679. The van der Waals surface area contributed by atoms with Gasteiger partial charge in [0.2, 0.25) is 11.8 Å². The zero-order valence-corrected chi connectivity index (χ0v) is 20.4. The van der Waals surface area contributed by atoms with E-state index >= 15 is 0 Å². The van der Waals surface area contributed by atoms with Gasteiger partial charge < -0.3 is 14.5 Å². The minimum Gasteiger partial charge on any atom is -0.381 e. The van der Waals surface area contributed by atoms with E-state index in [2.05, 4.69) is 0 Å². The maximum atomic E-state index is 13.0. The van der Waals surface area contributed by atoms with Crippen LogP contribution in [0.25, 0.3) is 17.2 Å². The Morgan fingerprint density at radius 2 is 1.76 bits per heavy atom. The Morgan fingerprint density at radius 3 is 2.41 bits per heavy atom. The molecule has 2 aromatic heterocycles. The summed E-state index contributed by atoms with van der Waals surface area (Å²) in [5, 5.41) is 0. The van der Waals surface area contributed by atoms with Gasteiger partial charge in [-0.2, -0.15) is 0 Å². The molecule has 0 aromatic carbocycles. The number of methoxy groups -OCH3 is 1. The zero-order valence-electron chi connectivity index (χ0n) is 20.4. The first kappa shape index (κ1) is 24.2. The number of fused-ring (bicyclic) bond motifs is 1. The largest absolute Gasteiger partial charge is 0.381 e. The number of piperazine rings is 1. The van der Waals surface area contributed by atoms with Crippen LogP contribution in [0, 0.1) is 11.8 Å². The molecule has 9 nitrogen and oxygen atoms in total. The molecule has 3 heterocycles. The predicted octanol–water partition coefficient (Wildman–Crippen LogP) is 1.89. The first-order chi connectivity index (χ1) is 16.4. The van der Waals surface area contributed by atoms with Crippen LogP contribution in [0.2, 0.25) is 0 Å². The van der Waals surface area contributed by atoms with Gasteiger partial charge in [-0.15, -0.1) is 0 Å². The molecule has 184 valence electrons. The van der Waals surface area contributed by atoms with Crippen molar-refractivity contribution in [3.8, 4) is 0 Å². The molecular weight excluding hydrogens is 434 g/mol. The van der Waals surface area contributed by atoms with E-state index in [1.54, 1.807) is 35.1 Å². The van der Waals surface area contributed by atoms with Gasteiger partial charge in [0.1, 0.15) is 0 Å². The first-order valence-corrected chi connectivity index (χ1v) is 12.1. The SMILES string of the molecule is COCC=Cc1ccc2c(n1)n(C[C@H]1CC[C@H](C(=O)N3CCN(C(C)=O)CC3)CC1)c(=O)n2C. The second kappa shape index (κ2) is 10.5. The van der Waals surface area contributed by atoms with Gasteiger partial charge in [0.05, 0.1) is 17.8 Å². The lowest BCUT2D eigenvalue weighted by atomic mass is 9.81. The molecule has 34 heavy (non-hydrogen) atoms. The summed E-state index contributed by atoms with van der Waals surface area (Å²) in [6, 6.07) is 3.85. The highest BCUT2D eigenvalue weighted by atomic mass is 16.5. The van der Waals surface area contributed by atoms with Gasteiger partial charge in [0.15, 0.2) is 5.65 Å². The average Bonchev–Trinajstić information content (AvgIpc) is 3.08. The van der Waals surface area contributed by atoms with Gasteiger partial charge in [-0.05, 0) is 49.8 Å². The topological polar surface area (TPSA) is 89.7 Å². The summed E-state index contributed by atoms with van der Waals surface area (Å²) in [6.45, 7) is 5.19. The number of imidazole rings is 1. The summed E-state index contributed by atoms with van der Waals surface area (Å²) in [4.78, 5) is 45.9. The standard InChI is InChI=1S/C25H35N5O4/c1-18(31)28-12-14-29(15-13-28)24(32)20-8-6-19(7-9-20)17-30-23-22(27(2)25(30)33)11-10-21(26-23)5-4-16-34-3/h4-5,10-11,19-20H,6-9,12-17H2,1-3H3/t19-,20-. The Morgan fingerprint density at radius 1 is 1.09 bits per heavy atom. The van der Waals surface area contributed by atoms with E-state index in [1.165, 1.54) is 0 Å². The third kappa shape index (κ3) is 5.09. The van der Waals surface area contributed by atoms with Crippen LogP contribution in [-0.2, 0) is 27.9 Å². The molecule has 9 heteroatoms. The van der Waals surface area contributed by atoms with Crippen LogP contribution in [0.15, 0.2) is 23.0 Å². The maximum Gasteiger partial charge on any atom is 0.330 e. The van der Waals surface area contributed by atoms with Crippen molar-refractivity contribution in [2.75, 3.05) is 39.9 Å². The fourth-order valence-corrected chi connectivity index (χ4v) is 5.16. The average molecular weight is 470 g/mol. The predicted molar refractivity (Wildman–Crippen MR) is 130 cm³/mol. The number of amides is 2. The molecule has 2 fully saturated rings. The Hall–Kier alpha value is -2.94. The Bertz CT molecular complexity index is 1120. The quantitative estimate of drug-likeness (QED) is 0.645. The van der Waals surface area contributed by atoms with Crippen molar-refractivity contribution in [3.05, 3.63) is 34.4 Å². The molecule has 0 unspecified atom stereocenters. The summed E-state index contributed by atoms with van der Waals surface area (Å²) in [6.07, 6.45) is 7.32. The normalized spacial score (nSPS) is 21.5. The number of hydrogen-bond acceptors (Lipinski definition) is 5. The minimum absolute atomic E-state index is 0.0417. The van der Waals surface area contributed by atoms with Gasteiger partial charge in [-0.3, -0.25) is 18.7 Å². The van der Waals surface area contributed by atoms with Crippen molar-refractivity contribution in [2.45, 2.75) is 39.2 Å². The van der Waals surface area contributed by atoms with Gasteiger partial charge in [0.25, 0.3) is 0 Å². The van der Waals surface area contributed by atoms with Crippen molar-refractivity contribution in [1.29, 1.82) is 0 Å². The number of aromatic nitrogens is 3. The maximum absolute atomic E-state index is 13.0. The number of carbonyl (C=O) groups is 2. The second-order valence-electron chi connectivity index (χ2n) is 9.44. The molecule has 0 N–H and O–H groups in total. The second-order valence-corrected chi connectivity index (χ2v) is 9.44. The summed E-state index contributed by atoms with van der Waals surface area (Å²) in [7, 11) is 3.43. The van der Waals surface area contributed by atoms with Crippen molar-refractivity contribution in [3.63, 3.8) is 0 Å². The molecule has 0 radical (unpaired) electrons. The molecule has 2 amide bonds. The van der Waals surface area contributed by atoms with E-state index in [1.807, 2.05) is 29.2 Å². The molecule has 1 saturated carbocycles. The highest BCUT2D eigenvalue weighted by Gasteiger charge is 2.32. The molecule has 2 aliphatic rings. The lowest BCUT2D eigenvalue weighted by molar-refractivity contribution is -0.142. The number of hydrogen-bond donors (Lipinski definition) is 0.